The van der Waals surface area contributed by atoms with E-state index >= 15 is 0 Å². The Morgan fingerprint density at radius 3 is 2.65 bits per heavy atom. The normalized spacial score (nSPS) is 25.0. The van der Waals surface area contributed by atoms with Gasteiger partial charge in [-0.15, -0.1) is 0 Å². The molecule has 1 saturated carbocycles. The van der Waals surface area contributed by atoms with Crippen LogP contribution in [0.1, 0.15) is 44.9 Å². The van der Waals surface area contributed by atoms with E-state index in [0.29, 0.717) is 0 Å². The molecule has 2 atom stereocenters. The van der Waals surface area contributed by atoms with E-state index in [-0.39, 0.29) is 12.1 Å². The summed E-state index contributed by atoms with van der Waals surface area (Å²) in [7, 11) is 0. The molecule has 2 aliphatic rings. The highest BCUT2D eigenvalue weighted by Gasteiger charge is 2.24. The molecule has 0 aromatic heterocycles. The number of nitrogens with one attached hydrogen (secondary N) is 2. The molecule has 1 aliphatic carbocycles. The average molecular weight is 317 g/mol. The molecule has 0 spiro atoms. The minimum Gasteiger partial charge on any atom is -0.391 e. The first-order chi connectivity index (χ1) is 11.2. The average Bonchev–Trinajstić information content (AvgIpc) is 2.58. The summed E-state index contributed by atoms with van der Waals surface area (Å²) < 4.78 is 0. The zero-order chi connectivity index (χ0) is 16.1. The molecule has 126 valence electrons. The summed E-state index contributed by atoms with van der Waals surface area (Å²) in [5.74, 6) is 0. The highest BCUT2D eigenvalue weighted by atomic mass is 16.3. The molecule has 2 fully saturated rings. The van der Waals surface area contributed by atoms with Crippen LogP contribution in [0.15, 0.2) is 24.3 Å². The van der Waals surface area contributed by atoms with Gasteiger partial charge in [-0.3, -0.25) is 0 Å². The van der Waals surface area contributed by atoms with Crippen molar-refractivity contribution < 1.29 is 9.90 Å². The van der Waals surface area contributed by atoms with Crippen LogP contribution < -0.4 is 15.5 Å². The second-order valence-electron chi connectivity index (χ2n) is 6.65. The van der Waals surface area contributed by atoms with Crippen LogP contribution in [0.5, 0.6) is 0 Å². The fourth-order valence-corrected chi connectivity index (χ4v) is 3.55. The Bertz CT molecular complexity index is 529. The molecule has 3 N–H and O–H groups in total. The maximum Gasteiger partial charge on any atom is 0.319 e. The molecule has 1 aliphatic heterocycles. The molecule has 5 nitrogen and oxygen atoms in total. The van der Waals surface area contributed by atoms with Crippen LogP contribution in [-0.4, -0.2) is 36.4 Å². The number of hydrogen-bond acceptors (Lipinski definition) is 3. The molecule has 3 rings (SSSR count). The SMILES string of the molecule is O=C(Nc1cccc(N2CCCCC2)c1)NC1CCCCC1O. The van der Waals surface area contributed by atoms with Crippen LogP contribution in [0.4, 0.5) is 16.2 Å². The van der Waals surface area contributed by atoms with E-state index in [0.717, 1.165) is 44.5 Å². The topological polar surface area (TPSA) is 64.6 Å². The number of piperidine rings is 1. The van der Waals surface area contributed by atoms with Crippen molar-refractivity contribution >= 4 is 17.4 Å². The standard InChI is InChI=1S/C18H27N3O2/c22-17-10-3-2-9-16(17)20-18(23)19-14-7-6-8-15(13-14)21-11-4-1-5-12-21/h6-8,13,16-17,22H,1-5,9-12H2,(H2,19,20,23). The van der Waals surface area contributed by atoms with Gasteiger partial charge in [0, 0.05) is 24.5 Å². The Labute approximate surface area is 138 Å². The number of aliphatic hydroxyl groups is 1. The number of urea groups is 1. The minimum absolute atomic E-state index is 0.131. The summed E-state index contributed by atoms with van der Waals surface area (Å²) in [5, 5.41) is 15.8. The Balaban J connectivity index is 1.57. The number of carbonyl (C=O) groups is 1. The number of hydrogen-bond donors (Lipinski definition) is 3. The number of benzene rings is 1. The summed E-state index contributed by atoms with van der Waals surface area (Å²) in [6.07, 6.45) is 7.08. The van der Waals surface area contributed by atoms with Crippen LogP contribution in [0.25, 0.3) is 0 Å². The van der Waals surface area contributed by atoms with Crippen molar-refractivity contribution in [3.63, 3.8) is 0 Å². The van der Waals surface area contributed by atoms with Crippen LogP contribution >= 0.6 is 0 Å². The maximum atomic E-state index is 12.2. The molecule has 2 amide bonds. The Kier molecular flexibility index (Phi) is 5.39. The molecular weight excluding hydrogens is 290 g/mol. The largest absolute Gasteiger partial charge is 0.391 e. The van der Waals surface area contributed by atoms with E-state index in [9.17, 15) is 9.90 Å². The number of aliphatic hydroxyl groups excluding tert-OH is 1. The van der Waals surface area contributed by atoms with Crippen molar-refractivity contribution in [2.75, 3.05) is 23.3 Å². The van der Waals surface area contributed by atoms with Gasteiger partial charge in [0.1, 0.15) is 0 Å². The van der Waals surface area contributed by atoms with E-state index in [1.54, 1.807) is 0 Å². The first-order valence-corrected chi connectivity index (χ1v) is 8.83. The van der Waals surface area contributed by atoms with Gasteiger partial charge in [-0.25, -0.2) is 4.79 Å². The third-order valence-electron chi connectivity index (χ3n) is 4.87. The molecule has 1 aromatic carbocycles. The van der Waals surface area contributed by atoms with Gasteiger partial charge in [0.05, 0.1) is 12.1 Å². The van der Waals surface area contributed by atoms with E-state index in [2.05, 4.69) is 21.6 Å². The van der Waals surface area contributed by atoms with Crippen molar-refractivity contribution in [3.05, 3.63) is 24.3 Å². The predicted molar refractivity (Wildman–Crippen MR) is 92.9 cm³/mol. The van der Waals surface area contributed by atoms with Gasteiger partial charge < -0.3 is 20.6 Å². The van der Waals surface area contributed by atoms with E-state index in [4.69, 9.17) is 0 Å². The van der Waals surface area contributed by atoms with Gasteiger partial charge in [0.2, 0.25) is 0 Å². The van der Waals surface area contributed by atoms with Gasteiger partial charge in [0.25, 0.3) is 0 Å². The lowest BCUT2D eigenvalue weighted by atomic mass is 9.93. The second-order valence-corrected chi connectivity index (χ2v) is 6.65. The minimum atomic E-state index is -0.422. The summed E-state index contributed by atoms with van der Waals surface area (Å²) in [6, 6.07) is 7.65. The molecule has 1 aromatic rings. The van der Waals surface area contributed by atoms with E-state index in [1.807, 2.05) is 18.2 Å². The lowest BCUT2D eigenvalue weighted by Gasteiger charge is -2.29. The van der Waals surface area contributed by atoms with Crippen LogP contribution in [-0.2, 0) is 0 Å². The van der Waals surface area contributed by atoms with Crippen LogP contribution in [0, 0.1) is 0 Å². The summed E-state index contributed by atoms with van der Waals surface area (Å²) in [4.78, 5) is 14.5. The highest BCUT2D eigenvalue weighted by Crippen LogP contribution is 2.23. The number of amides is 2. The van der Waals surface area contributed by atoms with Gasteiger partial charge in [-0.2, -0.15) is 0 Å². The van der Waals surface area contributed by atoms with Crippen molar-refractivity contribution in [2.24, 2.45) is 0 Å². The van der Waals surface area contributed by atoms with Gasteiger partial charge >= 0.3 is 6.03 Å². The zero-order valence-electron chi connectivity index (χ0n) is 13.6. The van der Waals surface area contributed by atoms with Crippen LogP contribution in [0.2, 0.25) is 0 Å². The molecular formula is C18H27N3O2. The molecule has 0 radical (unpaired) electrons. The number of nitrogens with zero attached hydrogens (tertiary/aromatic N) is 1. The molecule has 1 heterocycles. The number of rotatable bonds is 3. The predicted octanol–water partition coefficient (Wildman–Crippen LogP) is 3.10. The third kappa shape index (κ3) is 4.38. The second kappa shape index (κ2) is 7.68. The third-order valence-corrected chi connectivity index (χ3v) is 4.87. The zero-order valence-corrected chi connectivity index (χ0v) is 13.6. The first kappa shape index (κ1) is 16.1. The van der Waals surface area contributed by atoms with E-state index in [1.165, 1.54) is 24.9 Å². The summed E-state index contributed by atoms with van der Waals surface area (Å²) in [6.45, 7) is 2.17. The highest BCUT2D eigenvalue weighted by molar-refractivity contribution is 5.90. The number of carbonyl (C=O) groups excluding carboxylic acids is 1. The molecule has 2 unspecified atom stereocenters. The Morgan fingerprint density at radius 1 is 1.09 bits per heavy atom. The summed E-state index contributed by atoms with van der Waals surface area (Å²) >= 11 is 0. The van der Waals surface area contributed by atoms with Gasteiger partial charge in [0.15, 0.2) is 0 Å². The lowest BCUT2D eigenvalue weighted by molar-refractivity contribution is 0.0955. The van der Waals surface area contributed by atoms with Crippen LogP contribution in [0.3, 0.4) is 0 Å². The fourth-order valence-electron chi connectivity index (χ4n) is 3.55. The molecule has 23 heavy (non-hydrogen) atoms. The maximum absolute atomic E-state index is 12.2. The Hall–Kier alpha value is -1.75. The molecule has 1 saturated heterocycles. The summed E-state index contributed by atoms with van der Waals surface area (Å²) in [5.41, 5.74) is 1.97. The van der Waals surface area contributed by atoms with Crippen molar-refractivity contribution in [3.8, 4) is 0 Å². The molecule has 0 bridgehead atoms. The lowest BCUT2D eigenvalue weighted by Crippen LogP contribution is -2.46. The van der Waals surface area contributed by atoms with Gasteiger partial charge in [-0.1, -0.05) is 18.9 Å². The molecule has 5 heteroatoms. The fraction of sp³-hybridized carbons (Fsp3) is 0.611. The van der Waals surface area contributed by atoms with Crippen molar-refractivity contribution in [1.82, 2.24) is 5.32 Å². The van der Waals surface area contributed by atoms with E-state index < -0.39 is 6.10 Å². The quantitative estimate of drug-likeness (QED) is 0.802. The first-order valence-electron chi connectivity index (χ1n) is 8.83. The van der Waals surface area contributed by atoms with Crippen molar-refractivity contribution in [1.29, 1.82) is 0 Å². The monoisotopic (exact) mass is 317 g/mol. The van der Waals surface area contributed by atoms with Crippen molar-refractivity contribution in [2.45, 2.75) is 57.1 Å². The number of anilines is 2. The van der Waals surface area contributed by atoms with Gasteiger partial charge in [-0.05, 0) is 50.3 Å². The Morgan fingerprint density at radius 2 is 1.87 bits per heavy atom. The smallest absolute Gasteiger partial charge is 0.319 e.